The lowest BCUT2D eigenvalue weighted by Crippen LogP contribution is -2.11. The van der Waals surface area contributed by atoms with Gasteiger partial charge in [0.25, 0.3) is 0 Å². The third-order valence-corrected chi connectivity index (χ3v) is 3.89. The summed E-state index contributed by atoms with van der Waals surface area (Å²) in [7, 11) is 0. The van der Waals surface area contributed by atoms with Crippen LogP contribution >= 0.6 is 27.3 Å². The summed E-state index contributed by atoms with van der Waals surface area (Å²) in [6, 6.07) is 1.80. The fourth-order valence-electron chi connectivity index (χ4n) is 1.50. The molecule has 3 nitrogen and oxygen atoms in total. The number of thiazole rings is 1. The molecule has 2 aromatic rings. The molecule has 9 heteroatoms. The van der Waals surface area contributed by atoms with Gasteiger partial charge < -0.3 is 0 Å². The lowest BCUT2D eigenvalue weighted by Gasteiger charge is -2.11. The predicted octanol–water partition coefficient (Wildman–Crippen LogP) is 4.82. The lowest BCUT2D eigenvalue weighted by molar-refractivity contribution is -0.137. The van der Waals surface area contributed by atoms with E-state index in [0.29, 0.717) is 5.13 Å². The average molecular weight is 382 g/mol. The molecule has 0 saturated heterocycles. The second kappa shape index (κ2) is 6.10. The van der Waals surface area contributed by atoms with Crippen molar-refractivity contribution < 1.29 is 17.6 Å². The van der Waals surface area contributed by atoms with Crippen LogP contribution in [0, 0.1) is 12.7 Å². The second-order valence-corrected chi connectivity index (χ2v) is 5.70. The van der Waals surface area contributed by atoms with Gasteiger partial charge in [-0.1, -0.05) is 0 Å². The van der Waals surface area contributed by atoms with Gasteiger partial charge in [0.2, 0.25) is 5.13 Å². The van der Waals surface area contributed by atoms with E-state index in [1.807, 2.05) is 0 Å². The summed E-state index contributed by atoms with van der Waals surface area (Å²) < 4.78 is 52.3. The van der Waals surface area contributed by atoms with Crippen LogP contribution in [0.1, 0.15) is 16.8 Å². The van der Waals surface area contributed by atoms with Crippen LogP contribution in [0.25, 0.3) is 0 Å². The average Bonchev–Trinajstić information content (AvgIpc) is 2.79. The van der Waals surface area contributed by atoms with E-state index in [-0.39, 0.29) is 4.47 Å². The smallest absolute Gasteiger partial charge is 0.253 e. The summed E-state index contributed by atoms with van der Waals surface area (Å²) in [5.41, 5.74) is 1.48. The first-order valence-corrected chi connectivity index (χ1v) is 7.22. The van der Waals surface area contributed by atoms with Crippen LogP contribution in [0.5, 0.6) is 0 Å². The van der Waals surface area contributed by atoms with E-state index in [0.717, 1.165) is 24.0 Å². The summed E-state index contributed by atoms with van der Waals surface area (Å²) >= 11 is 4.09. The molecule has 21 heavy (non-hydrogen) atoms. The van der Waals surface area contributed by atoms with Gasteiger partial charge in [-0.05, 0) is 35.0 Å². The molecule has 1 aromatic carbocycles. The molecule has 1 heterocycles. The molecular formula is C12H8BrF4N3S. The number of nitrogens with one attached hydrogen (secondary N) is 1. The van der Waals surface area contributed by atoms with Gasteiger partial charge in [-0.15, -0.1) is 11.3 Å². The number of hydrogen-bond acceptors (Lipinski definition) is 4. The Labute approximate surface area is 129 Å². The number of nitrogens with zero attached hydrogens (tertiary/aromatic N) is 2. The zero-order chi connectivity index (χ0) is 15.6. The van der Waals surface area contributed by atoms with Crippen LogP contribution in [-0.2, 0) is 6.18 Å². The van der Waals surface area contributed by atoms with E-state index >= 15 is 0 Å². The summed E-state index contributed by atoms with van der Waals surface area (Å²) in [5, 5.41) is 5.77. The maximum Gasteiger partial charge on any atom is 0.417 e. The number of alkyl halides is 3. The van der Waals surface area contributed by atoms with Crippen molar-refractivity contribution in [1.29, 1.82) is 0 Å². The number of hydrazone groups is 1. The van der Waals surface area contributed by atoms with Gasteiger partial charge in [0.05, 0.1) is 21.9 Å². The summed E-state index contributed by atoms with van der Waals surface area (Å²) in [4.78, 5) is 4.02. The van der Waals surface area contributed by atoms with E-state index in [1.54, 1.807) is 12.3 Å². The third-order valence-electron chi connectivity index (χ3n) is 2.41. The minimum atomic E-state index is -4.67. The summed E-state index contributed by atoms with van der Waals surface area (Å²) in [6.07, 6.45) is -3.87. The van der Waals surface area contributed by atoms with Crippen molar-refractivity contribution in [3.63, 3.8) is 0 Å². The van der Waals surface area contributed by atoms with Gasteiger partial charge >= 0.3 is 6.18 Å². The van der Waals surface area contributed by atoms with Crippen molar-refractivity contribution in [2.75, 3.05) is 5.43 Å². The fourth-order valence-corrected chi connectivity index (χ4v) is 2.48. The van der Waals surface area contributed by atoms with E-state index in [4.69, 9.17) is 0 Å². The lowest BCUT2D eigenvalue weighted by atomic mass is 10.1. The zero-order valence-corrected chi connectivity index (χ0v) is 12.9. The number of anilines is 1. The van der Waals surface area contributed by atoms with Crippen LogP contribution in [-0.4, -0.2) is 11.2 Å². The number of benzene rings is 1. The maximum absolute atomic E-state index is 13.8. The van der Waals surface area contributed by atoms with Crippen LogP contribution in [0.4, 0.5) is 22.7 Å². The molecule has 1 N–H and O–H groups in total. The number of halogens is 5. The Morgan fingerprint density at radius 2 is 2.10 bits per heavy atom. The van der Waals surface area contributed by atoms with Gasteiger partial charge in [0, 0.05) is 10.9 Å². The molecule has 0 saturated carbocycles. The Morgan fingerprint density at radius 1 is 1.38 bits per heavy atom. The van der Waals surface area contributed by atoms with Crippen molar-refractivity contribution >= 4 is 38.6 Å². The molecule has 0 amide bonds. The quantitative estimate of drug-likeness (QED) is 0.470. The van der Waals surface area contributed by atoms with Crippen molar-refractivity contribution in [2.45, 2.75) is 13.1 Å². The maximum atomic E-state index is 13.8. The predicted molar refractivity (Wildman–Crippen MR) is 77.2 cm³/mol. The Kier molecular flexibility index (Phi) is 4.62. The van der Waals surface area contributed by atoms with E-state index < -0.39 is 23.1 Å². The first kappa shape index (κ1) is 15.9. The van der Waals surface area contributed by atoms with Gasteiger partial charge in [-0.25, -0.2) is 9.37 Å². The van der Waals surface area contributed by atoms with E-state index in [1.165, 1.54) is 11.3 Å². The van der Waals surface area contributed by atoms with Crippen LogP contribution < -0.4 is 5.43 Å². The summed E-state index contributed by atoms with van der Waals surface area (Å²) in [6.45, 7) is 1.77. The first-order chi connectivity index (χ1) is 9.79. The molecule has 0 aliphatic carbocycles. The van der Waals surface area contributed by atoms with Crippen molar-refractivity contribution in [1.82, 2.24) is 4.98 Å². The minimum Gasteiger partial charge on any atom is -0.253 e. The molecule has 0 spiro atoms. The molecule has 0 fully saturated rings. The molecule has 2 rings (SSSR count). The fraction of sp³-hybridized carbons (Fsp3) is 0.167. The van der Waals surface area contributed by atoms with Gasteiger partial charge in [0.1, 0.15) is 5.82 Å². The molecule has 0 unspecified atom stereocenters. The second-order valence-electron chi connectivity index (χ2n) is 3.98. The largest absolute Gasteiger partial charge is 0.417 e. The molecule has 0 aliphatic rings. The van der Waals surface area contributed by atoms with Crippen molar-refractivity contribution in [3.05, 3.63) is 44.6 Å². The molecule has 0 radical (unpaired) electrons. The van der Waals surface area contributed by atoms with Gasteiger partial charge in [-0.2, -0.15) is 18.3 Å². The first-order valence-electron chi connectivity index (χ1n) is 5.55. The van der Waals surface area contributed by atoms with E-state index in [9.17, 15) is 17.6 Å². The number of rotatable bonds is 3. The Morgan fingerprint density at radius 3 is 2.67 bits per heavy atom. The van der Waals surface area contributed by atoms with Gasteiger partial charge in [0.15, 0.2) is 0 Å². The molecule has 112 valence electrons. The number of aryl methyl sites for hydroxylation is 1. The Bertz CT molecular complexity index is 682. The monoisotopic (exact) mass is 381 g/mol. The number of hydrogen-bond donors (Lipinski definition) is 1. The molecule has 1 aromatic heterocycles. The normalized spacial score (nSPS) is 12.1. The Balaban J connectivity index is 2.31. The highest BCUT2D eigenvalue weighted by Crippen LogP contribution is 2.34. The molecule has 0 bridgehead atoms. The standard InChI is InChI=1S/C12H8BrF4N3S/c1-6-5-21-11(19-6)20-18-4-7-8(12(15,16)17)2-3-9(13)10(7)14/h2-5H,1H3,(H,19,20). The van der Waals surface area contributed by atoms with Crippen LogP contribution in [0.15, 0.2) is 27.1 Å². The highest BCUT2D eigenvalue weighted by molar-refractivity contribution is 9.10. The van der Waals surface area contributed by atoms with Crippen molar-refractivity contribution in [2.24, 2.45) is 5.10 Å². The number of aromatic nitrogens is 1. The highest BCUT2D eigenvalue weighted by atomic mass is 79.9. The minimum absolute atomic E-state index is 0.0676. The highest BCUT2D eigenvalue weighted by Gasteiger charge is 2.34. The van der Waals surface area contributed by atoms with Crippen LogP contribution in [0.3, 0.4) is 0 Å². The summed E-state index contributed by atoms with van der Waals surface area (Å²) in [5.74, 6) is -1.02. The molecular weight excluding hydrogens is 374 g/mol. The zero-order valence-electron chi connectivity index (χ0n) is 10.5. The molecule has 0 aliphatic heterocycles. The molecule has 0 atom stereocenters. The van der Waals surface area contributed by atoms with Crippen molar-refractivity contribution in [3.8, 4) is 0 Å². The van der Waals surface area contributed by atoms with E-state index in [2.05, 4.69) is 31.4 Å². The third kappa shape index (κ3) is 3.79. The Hall–Kier alpha value is -1.48. The van der Waals surface area contributed by atoms with Gasteiger partial charge in [-0.3, -0.25) is 5.43 Å². The van der Waals surface area contributed by atoms with Crippen LogP contribution in [0.2, 0.25) is 0 Å². The topological polar surface area (TPSA) is 37.3 Å². The SMILES string of the molecule is Cc1csc(NN=Cc2c(C(F)(F)F)ccc(Br)c2F)n1.